The highest BCUT2D eigenvalue weighted by atomic mass is 32.1. The Balaban J connectivity index is 2.50. The fraction of sp³-hybridized carbons (Fsp3) is 0.111. The normalized spacial score (nSPS) is 10.3. The molecule has 0 amide bonds. The van der Waals surface area contributed by atoms with Crippen LogP contribution in [0.5, 0.6) is 0 Å². The molecular weight excluding hydrogens is 212 g/mol. The lowest BCUT2D eigenvalue weighted by Crippen LogP contribution is -2.00. The predicted octanol–water partition coefficient (Wildman–Crippen LogP) is 1.15. The van der Waals surface area contributed by atoms with Crippen LogP contribution in [0.15, 0.2) is 29.4 Å². The number of benzene rings is 1. The van der Waals surface area contributed by atoms with Crippen LogP contribution in [0.3, 0.4) is 0 Å². The maximum Gasteiger partial charge on any atom is 0.211 e. The number of hydrogen-bond donors (Lipinski definition) is 1. The average Bonchev–Trinajstić information content (AvgIpc) is 2.64. The molecule has 15 heavy (non-hydrogen) atoms. The van der Waals surface area contributed by atoms with Crippen molar-refractivity contribution in [3.63, 3.8) is 0 Å². The Hall–Kier alpha value is -1.69. The van der Waals surface area contributed by atoms with Crippen molar-refractivity contribution in [2.75, 3.05) is 0 Å². The van der Waals surface area contributed by atoms with Crippen molar-refractivity contribution < 1.29 is 4.79 Å². The van der Waals surface area contributed by atoms with Gasteiger partial charge in [-0.2, -0.15) is 4.68 Å². The van der Waals surface area contributed by atoms with Crippen LogP contribution in [0.1, 0.15) is 17.3 Å². The summed E-state index contributed by atoms with van der Waals surface area (Å²) in [6.07, 6.45) is 0. The minimum atomic E-state index is 0.00522. The Morgan fingerprint density at radius 2 is 2.27 bits per heavy atom. The van der Waals surface area contributed by atoms with Crippen LogP contribution in [0, 0.1) is 0 Å². The molecule has 0 atom stereocenters. The molecule has 0 N–H and O–H groups in total. The molecule has 0 saturated heterocycles. The summed E-state index contributed by atoms with van der Waals surface area (Å²) in [5.74, 6) is 0.00522. The Morgan fingerprint density at radius 3 is 2.87 bits per heavy atom. The minimum Gasteiger partial charge on any atom is -0.295 e. The van der Waals surface area contributed by atoms with Gasteiger partial charge < -0.3 is 0 Å². The molecule has 0 saturated carbocycles. The molecule has 2 aromatic rings. The van der Waals surface area contributed by atoms with Crippen molar-refractivity contribution in [2.24, 2.45) is 0 Å². The SMILES string of the molecule is CC(=O)c1cccc(-n2nnnc2S)c1. The molecule has 1 aromatic carbocycles. The van der Waals surface area contributed by atoms with Crippen LogP contribution in [0.4, 0.5) is 0 Å². The van der Waals surface area contributed by atoms with Gasteiger partial charge in [0.2, 0.25) is 5.16 Å². The van der Waals surface area contributed by atoms with Gasteiger partial charge in [-0.25, -0.2) is 0 Å². The minimum absolute atomic E-state index is 0.00522. The Kier molecular flexibility index (Phi) is 2.51. The predicted molar refractivity (Wildman–Crippen MR) is 56.4 cm³/mol. The van der Waals surface area contributed by atoms with Crippen molar-refractivity contribution in [3.05, 3.63) is 29.8 Å². The summed E-state index contributed by atoms with van der Waals surface area (Å²) >= 11 is 4.09. The van der Waals surface area contributed by atoms with E-state index in [1.54, 1.807) is 18.2 Å². The van der Waals surface area contributed by atoms with Gasteiger partial charge in [-0.1, -0.05) is 12.1 Å². The summed E-state index contributed by atoms with van der Waals surface area (Å²) < 4.78 is 1.45. The van der Waals surface area contributed by atoms with Gasteiger partial charge in [-0.3, -0.25) is 4.79 Å². The molecule has 2 rings (SSSR count). The highest BCUT2D eigenvalue weighted by molar-refractivity contribution is 7.80. The first-order valence-corrected chi connectivity index (χ1v) is 4.72. The maximum absolute atomic E-state index is 11.2. The summed E-state index contributed by atoms with van der Waals surface area (Å²) in [6.45, 7) is 1.51. The first kappa shape index (κ1) is 9.85. The highest BCUT2D eigenvalue weighted by Crippen LogP contribution is 2.12. The molecule has 0 aliphatic heterocycles. The van der Waals surface area contributed by atoms with E-state index >= 15 is 0 Å². The van der Waals surface area contributed by atoms with E-state index in [1.165, 1.54) is 11.6 Å². The van der Waals surface area contributed by atoms with Crippen LogP contribution in [0.2, 0.25) is 0 Å². The zero-order valence-corrected chi connectivity index (χ0v) is 8.85. The van der Waals surface area contributed by atoms with E-state index in [0.717, 1.165) is 5.69 Å². The number of Topliss-reactive ketones (excluding diaryl/α,β-unsaturated/α-hetero) is 1. The molecule has 0 bridgehead atoms. The number of tetrazole rings is 1. The first-order chi connectivity index (χ1) is 7.18. The van der Waals surface area contributed by atoms with E-state index in [2.05, 4.69) is 28.2 Å². The molecule has 1 aromatic heterocycles. The second-order valence-corrected chi connectivity index (χ2v) is 3.40. The van der Waals surface area contributed by atoms with E-state index in [1.807, 2.05) is 6.07 Å². The topological polar surface area (TPSA) is 60.7 Å². The fourth-order valence-electron chi connectivity index (χ4n) is 1.21. The number of rotatable bonds is 2. The third-order valence-corrected chi connectivity index (χ3v) is 2.23. The van der Waals surface area contributed by atoms with Crippen LogP contribution < -0.4 is 0 Å². The lowest BCUT2D eigenvalue weighted by atomic mass is 10.1. The van der Waals surface area contributed by atoms with Crippen molar-refractivity contribution in [3.8, 4) is 5.69 Å². The first-order valence-electron chi connectivity index (χ1n) is 4.27. The van der Waals surface area contributed by atoms with Gasteiger partial charge in [0.1, 0.15) is 0 Å². The van der Waals surface area contributed by atoms with Crippen LogP contribution >= 0.6 is 12.6 Å². The average molecular weight is 220 g/mol. The number of carbonyl (C=O) groups is 1. The molecule has 0 aliphatic carbocycles. The number of nitrogens with zero attached hydrogens (tertiary/aromatic N) is 4. The second-order valence-electron chi connectivity index (χ2n) is 3.00. The third-order valence-electron chi connectivity index (χ3n) is 1.95. The molecule has 5 nitrogen and oxygen atoms in total. The van der Waals surface area contributed by atoms with Gasteiger partial charge in [0.15, 0.2) is 5.78 Å². The van der Waals surface area contributed by atoms with Gasteiger partial charge in [-0.05, 0) is 29.5 Å². The molecule has 0 aliphatic rings. The molecule has 1 heterocycles. The number of carbonyl (C=O) groups excluding carboxylic acids is 1. The van der Waals surface area contributed by atoms with Gasteiger partial charge >= 0.3 is 0 Å². The van der Waals surface area contributed by atoms with E-state index in [-0.39, 0.29) is 5.78 Å². The number of thiol groups is 1. The Morgan fingerprint density at radius 1 is 1.47 bits per heavy atom. The van der Waals surface area contributed by atoms with Crippen molar-refractivity contribution >= 4 is 18.4 Å². The zero-order valence-electron chi connectivity index (χ0n) is 7.95. The van der Waals surface area contributed by atoms with E-state index in [4.69, 9.17) is 0 Å². The number of aromatic nitrogens is 4. The van der Waals surface area contributed by atoms with Crippen LogP contribution in [-0.4, -0.2) is 26.0 Å². The van der Waals surface area contributed by atoms with Gasteiger partial charge in [0.05, 0.1) is 5.69 Å². The Bertz CT molecular complexity index is 508. The smallest absolute Gasteiger partial charge is 0.211 e. The third kappa shape index (κ3) is 1.89. The summed E-state index contributed by atoms with van der Waals surface area (Å²) in [5.41, 5.74) is 1.34. The van der Waals surface area contributed by atoms with Gasteiger partial charge in [0.25, 0.3) is 0 Å². The zero-order chi connectivity index (χ0) is 10.8. The van der Waals surface area contributed by atoms with Crippen molar-refractivity contribution in [1.82, 2.24) is 20.2 Å². The lowest BCUT2D eigenvalue weighted by Gasteiger charge is -2.02. The highest BCUT2D eigenvalue weighted by Gasteiger charge is 2.06. The fourth-order valence-corrected chi connectivity index (χ4v) is 1.40. The molecule has 0 fully saturated rings. The van der Waals surface area contributed by atoms with Crippen LogP contribution in [-0.2, 0) is 0 Å². The van der Waals surface area contributed by atoms with Gasteiger partial charge in [0, 0.05) is 5.56 Å². The number of hydrogen-bond acceptors (Lipinski definition) is 5. The molecule has 0 spiro atoms. The van der Waals surface area contributed by atoms with Gasteiger partial charge in [-0.15, -0.1) is 17.7 Å². The van der Waals surface area contributed by atoms with Crippen molar-refractivity contribution in [1.29, 1.82) is 0 Å². The standard InChI is InChI=1S/C9H8N4OS/c1-6(14)7-3-2-4-8(5-7)13-9(15)10-11-12-13/h2-5H,1H3,(H,10,12,15). The largest absolute Gasteiger partial charge is 0.295 e. The monoisotopic (exact) mass is 220 g/mol. The lowest BCUT2D eigenvalue weighted by molar-refractivity contribution is 0.101. The summed E-state index contributed by atoms with van der Waals surface area (Å²) in [6, 6.07) is 7.05. The van der Waals surface area contributed by atoms with E-state index in [9.17, 15) is 4.79 Å². The summed E-state index contributed by atoms with van der Waals surface area (Å²) in [4.78, 5) is 11.2. The summed E-state index contributed by atoms with van der Waals surface area (Å²) in [5, 5.41) is 11.3. The molecule has 0 radical (unpaired) electrons. The maximum atomic E-state index is 11.2. The quantitative estimate of drug-likeness (QED) is 0.609. The Labute approximate surface area is 91.5 Å². The van der Waals surface area contributed by atoms with Crippen molar-refractivity contribution in [2.45, 2.75) is 12.1 Å². The molecule has 76 valence electrons. The van der Waals surface area contributed by atoms with E-state index < -0.39 is 0 Å². The number of ketones is 1. The molecular formula is C9H8N4OS. The van der Waals surface area contributed by atoms with E-state index in [0.29, 0.717) is 10.7 Å². The molecule has 6 heteroatoms. The van der Waals surface area contributed by atoms with Crippen LogP contribution in [0.25, 0.3) is 5.69 Å². The summed E-state index contributed by atoms with van der Waals surface area (Å²) in [7, 11) is 0. The second kappa shape index (κ2) is 3.82. The molecule has 0 unspecified atom stereocenters.